The zero-order valence-electron chi connectivity index (χ0n) is 10.2. The first-order valence-corrected chi connectivity index (χ1v) is 5.93. The molecule has 0 amide bonds. The van der Waals surface area contributed by atoms with Gasteiger partial charge < -0.3 is 11.1 Å². The van der Waals surface area contributed by atoms with E-state index < -0.39 is 0 Å². The molecule has 1 rings (SSSR count). The molecule has 3 N–H and O–H groups in total. The molecule has 1 aliphatic rings. The van der Waals surface area contributed by atoms with E-state index in [1.54, 1.807) is 0 Å². The molecular weight excluding hydrogens is 172 g/mol. The first-order valence-electron chi connectivity index (χ1n) is 5.93. The highest BCUT2D eigenvalue weighted by molar-refractivity contribution is 5.02. The summed E-state index contributed by atoms with van der Waals surface area (Å²) in [5, 5.41) is 3.66. The maximum atomic E-state index is 5.86. The molecule has 1 unspecified atom stereocenters. The van der Waals surface area contributed by atoms with Crippen LogP contribution in [0.15, 0.2) is 0 Å². The quantitative estimate of drug-likeness (QED) is 0.686. The van der Waals surface area contributed by atoms with Crippen LogP contribution in [0.5, 0.6) is 0 Å². The van der Waals surface area contributed by atoms with Crippen LogP contribution in [0.4, 0.5) is 0 Å². The second-order valence-corrected chi connectivity index (χ2v) is 5.54. The van der Waals surface area contributed by atoms with E-state index in [0.29, 0.717) is 10.8 Å². The minimum Gasteiger partial charge on any atom is -0.330 e. The molecule has 2 heteroatoms. The molecule has 1 saturated carbocycles. The molecule has 0 saturated heterocycles. The van der Waals surface area contributed by atoms with Crippen LogP contribution >= 0.6 is 0 Å². The minimum absolute atomic E-state index is 0.332. The third kappa shape index (κ3) is 2.48. The molecule has 0 spiro atoms. The van der Waals surface area contributed by atoms with Crippen molar-refractivity contribution < 1.29 is 0 Å². The van der Waals surface area contributed by atoms with E-state index in [2.05, 4.69) is 33.0 Å². The summed E-state index contributed by atoms with van der Waals surface area (Å²) < 4.78 is 0. The van der Waals surface area contributed by atoms with E-state index in [4.69, 9.17) is 5.73 Å². The van der Waals surface area contributed by atoms with Gasteiger partial charge in [-0.25, -0.2) is 0 Å². The minimum atomic E-state index is 0.332. The average molecular weight is 198 g/mol. The van der Waals surface area contributed by atoms with Crippen molar-refractivity contribution in [2.75, 3.05) is 13.1 Å². The summed E-state index contributed by atoms with van der Waals surface area (Å²) in [4.78, 5) is 0. The van der Waals surface area contributed by atoms with Crippen LogP contribution in [0.2, 0.25) is 0 Å². The molecule has 84 valence electrons. The fourth-order valence-electron chi connectivity index (χ4n) is 2.02. The third-order valence-corrected chi connectivity index (χ3v) is 4.17. The summed E-state index contributed by atoms with van der Waals surface area (Å²) in [7, 11) is 0. The number of hydrogen-bond acceptors (Lipinski definition) is 2. The Labute approximate surface area is 88.6 Å². The Morgan fingerprint density at radius 3 is 2.14 bits per heavy atom. The van der Waals surface area contributed by atoms with Gasteiger partial charge in [0.1, 0.15) is 0 Å². The molecule has 14 heavy (non-hydrogen) atoms. The normalized spacial score (nSPS) is 25.1. The summed E-state index contributed by atoms with van der Waals surface area (Å²) in [5.41, 5.74) is 6.72. The summed E-state index contributed by atoms with van der Waals surface area (Å²) in [6.45, 7) is 11.0. The summed E-state index contributed by atoms with van der Waals surface area (Å²) in [5.74, 6) is 0. The lowest BCUT2D eigenvalue weighted by molar-refractivity contribution is 0.254. The fourth-order valence-corrected chi connectivity index (χ4v) is 2.02. The van der Waals surface area contributed by atoms with Crippen molar-refractivity contribution in [3.8, 4) is 0 Å². The van der Waals surface area contributed by atoms with Crippen LogP contribution in [0.3, 0.4) is 0 Å². The van der Waals surface area contributed by atoms with Gasteiger partial charge in [-0.15, -0.1) is 0 Å². The smallest absolute Gasteiger partial charge is 0.0125 e. The van der Waals surface area contributed by atoms with Gasteiger partial charge in [0.15, 0.2) is 0 Å². The molecule has 1 aliphatic carbocycles. The van der Waals surface area contributed by atoms with Gasteiger partial charge in [-0.1, -0.05) is 27.7 Å². The van der Waals surface area contributed by atoms with Crippen molar-refractivity contribution in [2.24, 2.45) is 16.6 Å². The topological polar surface area (TPSA) is 38.0 Å². The van der Waals surface area contributed by atoms with Crippen molar-refractivity contribution in [3.05, 3.63) is 0 Å². The highest BCUT2D eigenvalue weighted by Crippen LogP contribution is 2.45. The van der Waals surface area contributed by atoms with Crippen LogP contribution in [-0.2, 0) is 0 Å². The van der Waals surface area contributed by atoms with Gasteiger partial charge in [-0.05, 0) is 36.6 Å². The van der Waals surface area contributed by atoms with Gasteiger partial charge in [-0.3, -0.25) is 0 Å². The SMILES string of the molecule is CCC(CC)(CN)CNC1CC1(C)C. The van der Waals surface area contributed by atoms with Crippen LogP contribution < -0.4 is 11.1 Å². The lowest BCUT2D eigenvalue weighted by Gasteiger charge is -2.30. The first-order chi connectivity index (χ1) is 6.49. The zero-order valence-corrected chi connectivity index (χ0v) is 10.2. The summed E-state index contributed by atoms with van der Waals surface area (Å²) in [6, 6.07) is 0.728. The lowest BCUT2D eigenvalue weighted by Crippen LogP contribution is -2.41. The molecule has 2 nitrogen and oxygen atoms in total. The van der Waals surface area contributed by atoms with Crippen LogP contribution in [-0.4, -0.2) is 19.1 Å². The monoisotopic (exact) mass is 198 g/mol. The van der Waals surface area contributed by atoms with Crippen molar-refractivity contribution in [3.63, 3.8) is 0 Å². The van der Waals surface area contributed by atoms with E-state index >= 15 is 0 Å². The molecule has 1 fully saturated rings. The van der Waals surface area contributed by atoms with Crippen LogP contribution in [0, 0.1) is 10.8 Å². The number of hydrogen-bond donors (Lipinski definition) is 2. The van der Waals surface area contributed by atoms with E-state index in [1.807, 2.05) is 0 Å². The lowest BCUT2D eigenvalue weighted by atomic mass is 9.82. The highest BCUT2D eigenvalue weighted by atomic mass is 15.0. The maximum Gasteiger partial charge on any atom is 0.0125 e. The Hall–Kier alpha value is -0.0800. The molecular formula is C12H26N2. The Kier molecular flexibility index (Phi) is 3.59. The molecule has 0 radical (unpaired) electrons. The molecule has 1 atom stereocenters. The predicted octanol–water partition coefficient (Wildman–Crippen LogP) is 2.14. The Bertz CT molecular complexity index is 174. The molecule has 0 heterocycles. The third-order valence-electron chi connectivity index (χ3n) is 4.17. The zero-order chi connectivity index (χ0) is 10.8. The summed E-state index contributed by atoms with van der Waals surface area (Å²) in [6.07, 6.45) is 3.68. The van der Waals surface area contributed by atoms with Crippen LogP contribution in [0.25, 0.3) is 0 Å². The largest absolute Gasteiger partial charge is 0.330 e. The van der Waals surface area contributed by atoms with Crippen molar-refractivity contribution >= 4 is 0 Å². The second kappa shape index (κ2) is 4.19. The standard InChI is InChI=1S/C12H26N2/c1-5-12(6-2,8-13)9-14-10-7-11(10,3)4/h10,14H,5-9,13H2,1-4H3. The highest BCUT2D eigenvalue weighted by Gasteiger charge is 2.45. The number of nitrogens with two attached hydrogens (primary N) is 1. The van der Waals surface area contributed by atoms with Gasteiger partial charge in [0.25, 0.3) is 0 Å². The molecule has 0 aromatic rings. The van der Waals surface area contributed by atoms with E-state index in [1.165, 1.54) is 19.3 Å². The first kappa shape index (κ1) is 12.0. The maximum absolute atomic E-state index is 5.86. The molecule has 0 aromatic carbocycles. The number of rotatable bonds is 6. The Morgan fingerprint density at radius 1 is 1.36 bits per heavy atom. The summed E-state index contributed by atoms with van der Waals surface area (Å²) >= 11 is 0. The average Bonchev–Trinajstić information content (AvgIpc) is 2.78. The van der Waals surface area contributed by atoms with Gasteiger partial charge in [-0.2, -0.15) is 0 Å². The molecule has 0 aromatic heterocycles. The van der Waals surface area contributed by atoms with Crippen molar-refractivity contribution in [1.82, 2.24) is 5.32 Å². The van der Waals surface area contributed by atoms with Crippen molar-refractivity contribution in [1.29, 1.82) is 0 Å². The van der Waals surface area contributed by atoms with E-state index in [-0.39, 0.29) is 0 Å². The predicted molar refractivity (Wildman–Crippen MR) is 62.3 cm³/mol. The van der Waals surface area contributed by atoms with Gasteiger partial charge in [0.2, 0.25) is 0 Å². The van der Waals surface area contributed by atoms with Crippen molar-refractivity contribution in [2.45, 2.75) is 53.0 Å². The van der Waals surface area contributed by atoms with E-state index in [0.717, 1.165) is 19.1 Å². The Morgan fingerprint density at radius 2 is 1.86 bits per heavy atom. The van der Waals surface area contributed by atoms with Gasteiger partial charge in [0, 0.05) is 12.6 Å². The van der Waals surface area contributed by atoms with Gasteiger partial charge in [0.05, 0.1) is 0 Å². The van der Waals surface area contributed by atoms with E-state index in [9.17, 15) is 0 Å². The second-order valence-electron chi connectivity index (χ2n) is 5.54. The molecule has 0 bridgehead atoms. The fraction of sp³-hybridized carbons (Fsp3) is 1.00. The Balaban J connectivity index is 2.34. The van der Waals surface area contributed by atoms with Gasteiger partial charge >= 0.3 is 0 Å². The van der Waals surface area contributed by atoms with Crippen LogP contribution in [0.1, 0.15) is 47.0 Å². The molecule has 0 aliphatic heterocycles. The number of nitrogens with one attached hydrogen (secondary N) is 1.